The molecule has 0 spiro atoms. The number of esters is 1. The molecule has 3 rings (SSSR count). The SMILES string of the molecule is CC(=O)O[C@H]1C[C@H](C)[C@@](O)(CCc2ccoc2)[C@@]2(C)CCCC(C)(C)[C@H]12. The zero-order chi connectivity index (χ0) is 19.2. The fourth-order valence-corrected chi connectivity index (χ4v) is 6.36. The highest BCUT2D eigenvalue weighted by atomic mass is 16.5. The first-order chi connectivity index (χ1) is 12.1. The van der Waals surface area contributed by atoms with E-state index in [9.17, 15) is 9.90 Å². The Hall–Kier alpha value is -1.29. The summed E-state index contributed by atoms with van der Waals surface area (Å²) in [6, 6.07) is 1.98. The van der Waals surface area contributed by atoms with Crippen LogP contribution in [0.4, 0.5) is 0 Å². The largest absolute Gasteiger partial charge is 0.472 e. The number of fused-ring (bicyclic) bond motifs is 1. The summed E-state index contributed by atoms with van der Waals surface area (Å²) in [7, 11) is 0. The molecule has 0 radical (unpaired) electrons. The molecule has 1 N–H and O–H groups in total. The van der Waals surface area contributed by atoms with Gasteiger partial charge in [0.05, 0.1) is 18.1 Å². The zero-order valence-corrected chi connectivity index (χ0v) is 16.9. The van der Waals surface area contributed by atoms with Crippen LogP contribution in [0, 0.1) is 22.7 Å². The van der Waals surface area contributed by atoms with Crippen LogP contribution >= 0.6 is 0 Å². The van der Waals surface area contributed by atoms with Gasteiger partial charge in [0.25, 0.3) is 0 Å². The van der Waals surface area contributed by atoms with E-state index in [1.54, 1.807) is 12.5 Å². The highest BCUT2D eigenvalue weighted by Gasteiger charge is 2.64. The van der Waals surface area contributed by atoms with Crippen LogP contribution in [0.15, 0.2) is 23.0 Å². The minimum Gasteiger partial charge on any atom is -0.472 e. The third-order valence-corrected chi connectivity index (χ3v) is 7.50. The van der Waals surface area contributed by atoms with Crippen LogP contribution in [0.5, 0.6) is 0 Å². The topological polar surface area (TPSA) is 59.7 Å². The molecular formula is C22H34O4. The van der Waals surface area contributed by atoms with Gasteiger partial charge in [-0.05, 0) is 55.1 Å². The van der Waals surface area contributed by atoms with Crippen LogP contribution in [-0.4, -0.2) is 22.8 Å². The summed E-state index contributed by atoms with van der Waals surface area (Å²) in [5.74, 6) is 0.0295. The summed E-state index contributed by atoms with van der Waals surface area (Å²) in [6.45, 7) is 10.4. The number of carbonyl (C=O) groups is 1. The van der Waals surface area contributed by atoms with E-state index in [1.807, 2.05) is 6.07 Å². The summed E-state index contributed by atoms with van der Waals surface area (Å²) in [5, 5.41) is 12.0. The molecule has 2 fully saturated rings. The van der Waals surface area contributed by atoms with Crippen molar-refractivity contribution < 1.29 is 19.1 Å². The van der Waals surface area contributed by atoms with Crippen LogP contribution < -0.4 is 0 Å². The molecule has 2 aliphatic rings. The third kappa shape index (κ3) is 3.11. The summed E-state index contributed by atoms with van der Waals surface area (Å²) >= 11 is 0. The first-order valence-corrected chi connectivity index (χ1v) is 10.0. The molecule has 1 heterocycles. The van der Waals surface area contributed by atoms with Crippen LogP contribution in [-0.2, 0) is 16.0 Å². The standard InChI is InChI=1S/C22H34O4/c1-15-13-18(26-16(2)23)19-20(3,4)9-6-10-21(19,5)22(15,24)11-7-17-8-12-25-14-17/h8,12,14-15,18-19,24H,6-7,9-11,13H2,1-5H3/t15-,18-,19-,21-,22-/m0/s1. The van der Waals surface area contributed by atoms with E-state index in [2.05, 4.69) is 27.7 Å². The van der Waals surface area contributed by atoms with Crippen molar-refractivity contribution in [3.63, 3.8) is 0 Å². The lowest BCUT2D eigenvalue weighted by atomic mass is 9.43. The Kier molecular flexibility index (Phi) is 5.02. The van der Waals surface area contributed by atoms with Crippen molar-refractivity contribution in [3.05, 3.63) is 24.2 Å². The second-order valence-corrected chi connectivity index (χ2v) is 9.58. The van der Waals surface area contributed by atoms with Crippen LogP contribution in [0.25, 0.3) is 0 Å². The van der Waals surface area contributed by atoms with E-state index in [1.165, 1.54) is 6.92 Å². The molecule has 2 aliphatic carbocycles. The monoisotopic (exact) mass is 362 g/mol. The van der Waals surface area contributed by atoms with Gasteiger partial charge in [0.15, 0.2) is 0 Å². The average molecular weight is 363 g/mol. The van der Waals surface area contributed by atoms with Gasteiger partial charge in [0.1, 0.15) is 6.10 Å². The Morgan fingerprint density at radius 1 is 1.35 bits per heavy atom. The van der Waals surface area contributed by atoms with E-state index < -0.39 is 5.60 Å². The molecule has 5 atom stereocenters. The maximum Gasteiger partial charge on any atom is 0.302 e. The number of hydrogen-bond acceptors (Lipinski definition) is 4. The molecule has 0 unspecified atom stereocenters. The summed E-state index contributed by atoms with van der Waals surface area (Å²) in [4.78, 5) is 11.8. The fourth-order valence-electron chi connectivity index (χ4n) is 6.36. The van der Waals surface area contributed by atoms with E-state index in [4.69, 9.17) is 9.15 Å². The number of hydrogen-bond donors (Lipinski definition) is 1. The Morgan fingerprint density at radius 2 is 2.08 bits per heavy atom. The average Bonchev–Trinajstić information content (AvgIpc) is 3.03. The Bertz CT molecular complexity index is 635. The molecule has 0 saturated heterocycles. The van der Waals surface area contributed by atoms with Gasteiger partial charge in [-0.2, -0.15) is 0 Å². The maximum atomic E-state index is 12.0. The van der Waals surface area contributed by atoms with E-state index in [0.717, 1.165) is 37.7 Å². The lowest BCUT2D eigenvalue weighted by molar-refractivity contribution is -0.249. The molecular weight excluding hydrogens is 328 g/mol. The fraction of sp³-hybridized carbons (Fsp3) is 0.773. The second-order valence-electron chi connectivity index (χ2n) is 9.58. The van der Waals surface area contributed by atoms with Crippen molar-refractivity contribution in [2.45, 2.75) is 84.8 Å². The Morgan fingerprint density at radius 3 is 2.69 bits per heavy atom. The van der Waals surface area contributed by atoms with Crippen LogP contribution in [0.2, 0.25) is 0 Å². The first kappa shape index (κ1) is 19.5. The molecule has 2 saturated carbocycles. The summed E-state index contributed by atoms with van der Waals surface area (Å²) < 4.78 is 11.0. The van der Waals surface area contributed by atoms with Gasteiger partial charge >= 0.3 is 5.97 Å². The van der Waals surface area contributed by atoms with Gasteiger partial charge in [-0.3, -0.25) is 4.79 Å². The molecule has 26 heavy (non-hydrogen) atoms. The van der Waals surface area contributed by atoms with Crippen molar-refractivity contribution in [2.75, 3.05) is 0 Å². The van der Waals surface area contributed by atoms with Crippen LogP contribution in [0.3, 0.4) is 0 Å². The zero-order valence-electron chi connectivity index (χ0n) is 16.9. The normalized spacial score (nSPS) is 39.2. The molecule has 1 aromatic rings. The van der Waals surface area contributed by atoms with E-state index in [0.29, 0.717) is 6.42 Å². The van der Waals surface area contributed by atoms with Gasteiger partial charge < -0.3 is 14.3 Å². The molecule has 0 aliphatic heterocycles. The summed E-state index contributed by atoms with van der Waals surface area (Å²) in [5.41, 5.74) is 0.124. The number of aliphatic hydroxyl groups is 1. The molecule has 0 amide bonds. The van der Waals surface area contributed by atoms with Crippen molar-refractivity contribution in [3.8, 4) is 0 Å². The third-order valence-electron chi connectivity index (χ3n) is 7.50. The molecule has 4 heteroatoms. The van der Waals surface area contributed by atoms with Gasteiger partial charge in [-0.15, -0.1) is 0 Å². The van der Waals surface area contributed by atoms with Gasteiger partial charge in [0, 0.05) is 18.3 Å². The Labute approximate surface area is 157 Å². The minimum absolute atomic E-state index is 0.0386. The van der Waals surface area contributed by atoms with E-state index >= 15 is 0 Å². The lowest BCUT2D eigenvalue weighted by Gasteiger charge is -2.64. The highest BCUT2D eigenvalue weighted by Crippen LogP contribution is 2.64. The molecule has 1 aromatic heterocycles. The predicted octanol–water partition coefficient (Wildman–Crippen LogP) is 4.75. The number of rotatable bonds is 4. The van der Waals surface area contributed by atoms with Crippen molar-refractivity contribution in [2.24, 2.45) is 22.7 Å². The van der Waals surface area contributed by atoms with Gasteiger partial charge in [-0.1, -0.05) is 34.1 Å². The first-order valence-electron chi connectivity index (χ1n) is 10.0. The maximum absolute atomic E-state index is 12.0. The van der Waals surface area contributed by atoms with Crippen LogP contribution in [0.1, 0.15) is 72.3 Å². The van der Waals surface area contributed by atoms with Gasteiger partial charge in [-0.25, -0.2) is 0 Å². The van der Waals surface area contributed by atoms with E-state index in [-0.39, 0.29) is 34.7 Å². The van der Waals surface area contributed by atoms with Crippen molar-refractivity contribution in [1.82, 2.24) is 0 Å². The smallest absolute Gasteiger partial charge is 0.302 e. The Balaban J connectivity index is 1.96. The lowest BCUT2D eigenvalue weighted by Crippen LogP contribution is -2.66. The quantitative estimate of drug-likeness (QED) is 0.786. The van der Waals surface area contributed by atoms with Crippen molar-refractivity contribution in [1.29, 1.82) is 0 Å². The number of furan rings is 1. The molecule has 146 valence electrons. The second kappa shape index (κ2) is 6.70. The number of carbonyl (C=O) groups excluding carboxylic acids is 1. The number of ether oxygens (including phenoxy) is 1. The minimum atomic E-state index is -0.775. The highest BCUT2D eigenvalue weighted by molar-refractivity contribution is 5.66. The summed E-state index contributed by atoms with van der Waals surface area (Å²) in [6.07, 6.45) is 8.78. The predicted molar refractivity (Wildman–Crippen MR) is 101 cm³/mol. The van der Waals surface area contributed by atoms with Crippen molar-refractivity contribution >= 4 is 5.97 Å². The molecule has 0 bridgehead atoms. The molecule has 4 nitrogen and oxygen atoms in total. The number of aryl methyl sites for hydroxylation is 1. The van der Waals surface area contributed by atoms with Gasteiger partial charge in [0.2, 0.25) is 0 Å². The molecule has 0 aromatic carbocycles.